The molecule has 0 unspecified atom stereocenters. The average molecular weight is 696 g/mol. The number of aromatic nitrogens is 1. The summed E-state index contributed by atoms with van der Waals surface area (Å²) in [5.74, 6) is -3.86. The molecule has 31 heavy (non-hydrogen) atoms. The van der Waals surface area contributed by atoms with E-state index in [4.69, 9.17) is 0 Å². The SMILES string of the molecule is O=C(Nc1ccc(C(F)(F)F)cc1F)[C@@H]1CCC[C@]2(c3ccc(Br)cn3)[Po][C@@]12C(=O)O. The molecule has 2 aromatic rings. The van der Waals surface area contributed by atoms with Gasteiger partial charge in [0.2, 0.25) is 0 Å². The zero-order valence-electron chi connectivity index (χ0n) is 15.7. The number of fused-ring (bicyclic) bond motifs is 1. The molecule has 2 N–H and O–H groups in total. The van der Waals surface area contributed by atoms with Crippen LogP contribution in [-0.2, 0) is 18.8 Å². The van der Waals surface area contributed by atoms with E-state index >= 15 is 0 Å². The first-order chi connectivity index (χ1) is 14.5. The Morgan fingerprint density at radius 2 is 2.00 bits per heavy atom. The topological polar surface area (TPSA) is 79.3 Å². The fourth-order valence-electron chi connectivity index (χ4n) is 4.28. The van der Waals surface area contributed by atoms with Crippen molar-refractivity contribution in [1.29, 1.82) is 0 Å². The summed E-state index contributed by atoms with van der Waals surface area (Å²) in [5, 5.41) is 12.4. The van der Waals surface area contributed by atoms with Gasteiger partial charge < -0.3 is 0 Å². The first kappa shape index (κ1) is 22.6. The van der Waals surface area contributed by atoms with Crippen molar-refractivity contribution in [3.05, 3.63) is 58.1 Å². The van der Waals surface area contributed by atoms with Crippen LogP contribution in [0, 0.1) is 11.7 Å². The maximum absolute atomic E-state index is 14.2. The van der Waals surface area contributed by atoms with Gasteiger partial charge in [-0.1, -0.05) is 0 Å². The summed E-state index contributed by atoms with van der Waals surface area (Å²) in [6.45, 7) is 0. The second-order valence-corrected chi connectivity index (χ2v) is 14.4. The number of hydrogen-bond acceptors (Lipinski definition) is 3. The Morgan fingerprint density at radius 1 is 1.26 bits per heavy atom. The van der Waals surface area contributed by atoms with Crippen molar-refractivity contribution in [2.75, 3.05) is 5.32 Å². The van der Waals surface area contributed by atoms with E-state index in [0.29, 0.717) is 37.1 Å². The van der Waals surface area contributed by atoms with Crippen LogP contribution in [0.4, 0.5) is 23.2 Å². The van der Waals surface area contributed by atoms with Gasteiger partial charge in [0.1, 0.15) is 0 Å². The van der Waals surface area contributed by atoms with Crippen molar-refractivity contribution in [3.8, 4) is 0 Å². The van der Waals surface area contributed by atoms with Crippen LogP contribution in [0.5, 0.6) is 0 Å². The summed E-state index contributed by atoms with van der Waals surface area (Å²) in [6.07, 6.45) is -1.57. The number of rotatable bonds is 4. The summed E-state index contributed by atoms with van der Waals surface area (Å²) in [6, 6.07) is 5.39. The number of hydrogen-bond donors (Lipinski definition) is 2. The fourth-order valence-corrected chi connectivity index (χ4v) is 11.7. The first-order valence-electron chi connectivity index (χ1n) is 9.24. The quantitative estimate of drug-likeness (QED) is 0.459. The third-order valence-corrected chi connectivity index (χ3v) is 14.0. The molecule has 2 fully saturated rings. The van der Waals surface area contributed by atoms with Crippen LogP contribution in [0.15, 0.2) is 41.0 Å². The number of anilines is 1. The van der Waals surface area contributed by atoms with Crippen LogP contribution in [0.1, 0.15) is 30.5 Å². The van der Waals surface area contributed by atoms with Gasteiger partial charge in [-0.25, -0.2) is 0 Å². The zero-order valence-corrected chi connectivity index (χ0v) is 20.4. The van der Waals surface area contributed by atoms with Gasteiger partial charge in [-0.2, -0.15) is 0 Å². The van der Waals surface area contributed by atoms with Crippen LogP contribution < -0.4 is 5.32 Å². The van der Waals surface area contributed by atoms with E-state index < -0.39 is 70.8 Å². The Bertz CT molecular complexity index is 1070. The molecule has 1 amide bonds. The van der Waals surface area contributed by atoms with Crippen LogP contribution in [0.3, 0.4) is 0 Å². The van der Waals surface area contributed by atoms with E-state index in [-0.39, 0.29) is 0 Å². The zero-order chi connectivity index (χ0) is 22.6. The molecule has 164 valence electrons. The molecule has 1 aromatic heterocycles. The summed E-state index contributed by atoms with van der Waals surface area (Å²) in [7, 11) is 0. The summed E-state index contributed by atoms with van der Waals surface area (Å²) < 4.78 is 51.4. The molecule has 4 rings (SSSR count). The molecule has 1 aliphatic carbocycles. The third kappa shape index (κ3) is 3.68. The standard InChI is InChI=1S/C20H15BrF4N2O3.Po/c21-11-5-7-15(26-9-11)12-2-1-3-13(17(12)19(29)30)18(28)27-16-6-4-10(8-14(16)22)20(23,24)25;/h4-9,13H,1-3H2,(H,27,28)(H,29,30);/t13-;/m1./s1. The molecule has 1 saturated heterocycles. The van der Waals surface area contributed by atoms with E-state index in [9.17, 15) is 32.3 Å². The van der Waals surface area contributed by atoms with Gasteiger partial charge in [0, 0.05) is 0 Å². The first-order valence-corrected chi connectivity index (χ1v) is 13.2. The second kappa shape index (κ2) is 7.77. The van der Waals surface area contributed by atoms with Crippen molar-refractivity contribution in [3.63, 3.8) is 0 Å². The Kier molecular flexibility index (Phi) is 5.66. The molecule has 3 atom stereocenters. The normalized spacial score (nSPS) is 27.3. The van der Waals surface area contributed by atoms with Gasteiger partial charge in [0.25, 0.3) is 0 Å². The summed E-state index contributed by atoms with van der Waals surface area (Å²) >= 11 is 1.69. The minimum atomic E-state index is -4.71. The average Bonchev–Trinajstić information content (AvgIpc) is 3.41. The van der Waals surface area contributed by atoms with Crippen molar-refractivity contribution >= 4 is 57.1 Å². The van der Waals surface area contributed by atoms with Gasteiger partial charge in [-0.3, -0.25) is 0 Å². The molecule has 11 heteroatoms. The van der Waals surface area contributed by atoms with Crippen LogP contribution in [0.2, 0.25) is 3.07 Å². The molecule has 5 nitrogen and oxygen atoms in total. The molecule has 1 aliphatic heterocycles. The van der Waals surface area contributed by atoms with Crippen molar-refractivity contribution in [2.45, 2.75) is 31.6 Å². The van der Waals surface area contributed by atoms with Gasteiger partial charge in [-0.15, -0.1) is 0 Å². The number of halogens is 5. The van der Waals surface area contributed by atoms with Gasteiger partial charge in [0.05, 0.1) is 0 Å². The number of nitrogens with one attached hydrogen (secondary N) is 1. The number of carboxylic acid groups (broad SMARTS) is 1. The molecule has 0 spiro atoms. The van der Waals surface area contributed by atoms with Gasteiger partial charge >= 0.3 is 195 Å². The van der Waals surface area contributed by atoms with E-state index in [2.05, 4.69) is 26.2 Å². The summed E-state index contributed by atoms with van der Waals surface area (Å²) in [5.41, 5.74) is -0.914. The number of nitrogens with zero attached hydrogens (tertiary/aromatic N) is 1. The van der Waals surface area contributed by atoms with E-state index in [1.165, 1.54) is 0 Å². The number of amides is 1. The van der Waals surface area contributed by atoms with Gasteiger partial charge in [0.15, 0.2) is 0 Å². The Balaban J connectivity index is 1.63. The molecule has 0 bridgehead atoms. The number of carbonyl (C=O) groups is 2. The predicted molar refractivity (Wildman–Crippen MR) is 107 cm³/mol. The number of pyridine rings is 1. The molecule has 0 radical (unpaired) electrons. The number of alkyl halides is 3. The maximum atomic E-state index is 14.2. The Morgan fingerprint density at radius 3 is 2.58 bits per heavy atom. The van der Waals surface area contributed by atoms with E-state index in [1.54, 1.807) is 18.3 Å². The monoisotopic (exact) mass is 695 g/mol. The van der Waals surface area contributed by atoms with E-state index in [1.807, 2.05) is 0 Å². The second-order valence-electron chi connectivity index (χ2n) is 7.46. The molecule has 1 saturated carbocycles. The molecular formula is C20H15BrF4N2O3Po. The Hall–Kier alpha value is -1.59. The predicted octanol–water partition coefficient (Wildman–Crippen LogP) is 4.60. The van der Waals surface area contributed by atoms with Crippen LogP contribution in [-0.4, -0.2) is 45.5 Å². The minimum absolute atomic E-state index is 0.313. The van der Waals surface area contributed by atoms with Crippen molar-refractivity contribution < 1.29 is 32.3 Å². The number of benzene rings is 1. The Labute approximate surface area is 194 Å². The van der Waals surface area contributed by atoms with Crippen molar-refractivity contribution in [1.82, 2.24) is 4.98 Å². The molecule has 2 aliphatic rings. The molecule has 2 heterocycles. The van der Waals surface area contributed by atoms with Crippen LogP contribution >= 0.6 is 15.9 Å². The summed E-state index contributed by atoms with van der Waals surface area (Å²) in [4.78, 5) is 29.8. The number of aliphatic carboxylic acids is 1. The van der Waals surface area contributed by atoms with E-state index in [0.717, 1.165) is 10.5 Å². The van der Waals surface area contributed by atoms with Crippen LogP contribution in [0.25, 0.3) is 0 Å². The number of carboxylic acids is 1. The third-order valence-electron chi connectivity index (χ3n) is 5.74. The van der Waals surface area contributed by atoms with Crippen molar-refractivity contribution in [2.24, 2.45) is 5.92 Å². The van der Waals surface area contributed by atoms with Gasteiger partial charge in [-0.05, 0) is 0 Å². The molecule has 1 aromatic carbocycles. The fraction of sp³-hybridized carbons (Fsp3) is 0.350. The number of carbonyl (C=O) groups excluding carboxylic acids is 1. The molecular weight excluding hydrogens is 681 g/mol.